The molecule has 0 aliphatic heterocycles. The van der Waals surface area contributed by atoms with Gasteiger partial charge in [-0.1, -0.05) is 148 Å². The van der Waals surface area contributed by atoms with Crippen molar-refractivity contribution in [1.29, 1.82) is 0 Å². The summed E-state index contributed by atoms with van der Waals surface area (Å²) in [4.78, 5) is 24.1. The number of hydrogen-bond acceptors (Lipinski definition) is 5. The van der Waals surface area contributed by atoms with Crippen molar-refractivity contribution in [1.82, 2.24) is 0 Å². The molecular weight excluding hydrogens is 512 g/mol. The minimum Gasteiger partial charge on any atom is -0.462 e. The molecule has 0 heterocycles. The third-order valence-corrected chi connectivity index (χ3v) is 7.81. The average molecular weight is 581 g/mol. The van der Waals surface area contributed by atoms with Gasteiger partial charge in [-0.25, -0.2) is 0 Å². The van der Waals surface area contributed by atoms with E-state index in [1.807, 2.05) is 0 Å². The Morgan fingerprint density at radius 1 is 0.537 bits per heavy atom. The highest BCUT2D eigenvalue weighted by atomic mass is 16.6. The van der Waals surface area contributed by atoms with Gasteiger partial charge < -0.3 is 14.6 Å². The topological polar surface area (TPSA) is 72.8 Å². The normalized spacial score (nSPS) is 12.2. The molecule has 0 radical (unpaired) electrons. The van der Waals surface area contributed by atoms with Crippen molar-refractivity contribution in [3.63, 3.8) is 0 Å². The molecule has 0 aromatic carbocycles. The van der Waals surface area contributed by atoms with Crippen LogP contribution in [0.4, 0.5) is 0 Å². The van der Waals surface area contributed by atoms with Gasteiger partial charge >= 0.3 is 11.9 Å². The smallest absolute Gasteiger partial charge is 0.306 e. The summed E-state index contributed by atoms with van der Waals surface area (Å²) in [6.07, 6.45) is 35.5. The van der Waals surface area contributed by atoms with Crippen LogP contribution in [0.1, 0.15) is 187 Å². The fourth-order valence-electron chi connectivity index (χ4n) is 5.08. The van der Waals surface area contributed by atoms with Crippen LogP contribution in [0, 0.1) is 0 Å². The summed E-state index contributed by atoms with van der Waals surface area (Å²) in [7, 11) is 0. The maximum Gasteiger partial charge on any atom is 0.306 e. The van der Waals surface area contributed by atoms with Crippen LogP contribution in [-0.2, 0) is 19.1 Å². The van der Waals surface area contributed by atoms with E-state index in [-0.39, 0.29) is 25.2 Å². The van der Waals surface area contributed by atoms with Gasteiger partial charge in [0.1, 0.15) is 6.61 Å². The Kier molecular flexibility index (Phi) is 32.0. The fraction of sp³-hybridized carbons (Fsp3) is 0.889. The number of esters is 2. The van der Waals surface area contributed by atoms with Gasteiger partial charge in [0.05, 0.1) is 6.61 Å². The Hall–Kier alpha value is -1.36. The Labute approximate surface area is 254 Å². The number of carbonyl (C=O) groups is 2. The first-order valence-electron chi connectivity index (χ1n) is 17.7. The molecule has 0 aliphatic carbocycles. The minimum atomic E-state index is -0.764. The number of ether oxygens (including phenoxy) is 2. The van der Waals surface area contributed by atoms with Gasteiger partial charge in [0.15, 0.2) is 6.10 Å². The lowest BCUT2D eigenvalue weighted by atomic mass is 10.0. The molecule has 0 unspecified atom stereocenters. The molecule has 1 atom stereocenters. The van der Waals surface area contributed by atoms with E-state index in [0.29, 0.717) is 12.8 Å². The van der Waals surface area contributed by atoms with Gasteiger partial charge in [0.25, 0.3) is 0 Å². The zero-order chi connectivity index (χ0) is 30.1. The summed E-state index contributed by atoms with van der Waals surface area (Å²) in [6.45, 7) is 4.11. The Morgan fingerprint density at radius 3 is 1.34 bits per heavy atom. The standard InChI is InChI=1S/C36H68O5/c1-3-5-7-9-11-13-15-17-18-19-21-22-24-26-28-30-35(38)40-33-34(32-37)41-36(39)31-29-27-25-23-20-16-14-12-10-8-6-4-2/h13,15,34,37H,3-12,14,16-33H2,1-2H3/b15-13-/t34-/m0/s1. The lowest BCUT2D eigenvalue weighted by molar-refractivity contribution is -0.161. The van der Waals surface area contributed by atoms with E-state index in [9.17, 15) is 14.7 Å². The van der Waals surface area contributed by atoms with Crippen LogP contribution in [0.25, 0.3) is 0 Å². The SMILES string of the molecule is CCCCCC/C=C\CCCCCCCCCC(=O)OC[C@H](CO)OC(=O)CCCCCCCCCCCCCC. The van der Waals surface area contributed by atoms with E-state index < -0.39 is 6.10 Å². The second kappa shape index (κ2) is 33.1. The molecule has 0 aliphatic rings. The summed E-state index contributed by atoms with van der Waals surface area (Å²) >= 11 is 0. The fourth-order valence-corrected chi connectivity index (χ4v) is 5.08. The van der Waals surface area contributed by atoms with Gasteiger partial charge in [-0.15, -0.1) is 0 Å². The molecule has 0 aromatic heterocycles. The van der Waals surface area contributed by atoms with Gasteiger partial charge in [-0.3, -0.25) is 9.59 Å². The highest BCUT2D eigenvalue weighted by molar-refractivity contribution is 5.70. The van der Waals surface area contributed by atoms with Crippen molar-refractivity contribution in [3.05, 3.63) is 12.2 Å². The van der Waals surface area contributed by atoms with Gasteiger partial charge in [-0.2, -0.15) is 0 Å². The van der Waals surface area contributed by atoms with E-state index in [0.717, 1.165) is 38.5 Å². The third kappa shape index (κ3) is 31.4. The van der Waals surface area contributed by atoms with E-state index in [1.165, 1.54) is 122 Å². The first-order valence-corrected chi connectivity index (χ1v) is 17.7. The van der Waals surface area contributed by atoms with Gasteiger partial charge in [0.2, 0.25) is 0 Å². The molecule has 1 N–H and O–H groups in total. The Morgan fingerprint density at radius 2 is 0.902 bits per heavy atom. The lowest BCUT2D eigenvalue weighted by Gasteiger charge is -2.15. The summed E-state index contributed by atoms with van der Waals surface area (Å²) in [5, 5.41) is 9.51. The maximum atomic E-state index is 12.1. The monoisotopic (exact) mass is 581 g/mol. The minimum absolute atomic E-state index is 0.0628. The highest BCUT2D eigenvalue weighted by Gasteiger charge is 2.16. The largest absolute Gasteiger partial charge is 0.462 e. The highest BCUT2D eigenvalue weighted by Crippen LogP contribution is 2.14. The first-order chi connectivity index (χ1) is 20.1. The van der Waals surface area contributed by atoms with Crippen molar-refractivity contribution < 1.29 is 24.2 Å². The van der Waals surface area contributed by atoms with Crippen LogP contribution in [0.15, 0.2) is 12.2 Å². The summed E-state index contributed by atoms with van der Waals surface area (Å²) in [6, 6.07) is 0. The van der Waals surface area contributed by atoms with Crippen molar-refractivity contribution in [3.8, 4) is 0 Å². The number of aliphatic hydroxyl groups is 1. The summed E-state index contributed by atoms with van der Waals surface area (Å²) < 4.78 is 10.6. The number of rotatable bonds is 32. The van der Waals surface area contributed by atoms with Crippen LogP contribution >= 0.6 is 0 Å². The van der Waals surface area contributed by atoms with Crippen molar-refractivity contribution in [2.45, 2.75) is 193 Å². The van der Waals surface area contributed by atoms with Crippen LogP contribution < -0.4 is 0 Å². The predicted molar refractivity (Wildman–Crippen MR) is 173 cm³/mol. The molecule has 0 fully saturated rings. The summed E-state index contributed by atoms with van der Waals surface area (Å²) in [5.74, 6) is -0.590. The molecule has 0 bridgehead atoms. The molecule has 41 heavy (non-hydrogen) atoms. The second-order valence-corrected chi connectivity index (χ2v) is 12.0. The number of allylic oxidation sites excluding steroid dienone is 2. The molecule has 5 heteroatoms. The quantitative estimate of drug-likeness (QED) is 0.0487. The molecule has 0 saturated carbocycles. The zero-order valence-corrected chi connectivity index (χ0v) is 27.3. The van der Waals surface area contributed by atoms with E-state index in [4.69, 9.17) is 9.47 Å². The molecule has 242 valence electrons. The van der Waals surface area contributed by atoms with Crippen LogP contribution in [0.5, 0.6) is 0 Å². The third-order valence-electron chi connectivity index (χ3n) is 7.81. The van der Waals surface area contributed by atoms with Crippen LogP contribution in [0.2, 0.25) is 0 Å². The first kappa shape index (κ1) is 39.6. The Balaban J connectivity index is 3.55. The van der Waals surface area contributed by atoms with Crippen molar-refractivity contribution in [2.75, 3.05) is 13.2 Å². The number of unbranched alkanes of at least 4 members (excludes halogenated alkanes) is 22. The zero-order valence-electron chi connectivity index (χ0n) is 27.3. The lowest BCUT2D eigenvalue weighted by Crippen LogP contribution is -2.28. The average Bonchev–Trinajstić information content (AvgIpc) is 2.97. The number of aliphatic hydroxyl groups excluding tert-OH is 1. The van der Waals surface area contributed by atoms with Crippen LogP contribution in [0.3, 0.4) is 0 Å². The molecule has 0 aromatic rings. The molecule has 5 nitrogen and oxygen atoms in total. The van der Waals surface area contributed by atoms with E-state index in [2.05, 4.69) is 26.0 Å². The molecular formula is C36H68O5. The Bertz CT molecular complexity index is 589. The predicted octanol–water partition coefficient (Wildman–Crippen LogP) is 10.6. The number of hydrogen-bond donors (Lipinski definition) is 1. The van der Waals surface area contributed by atoms with Crippen molar-refractivity contribution >= 4 is 11.9 Å². The van der Waals surface area contributed by atoms with E-state index in [1.54, 1.807) is 0 Å². The van der Waals surface area contributed by atoms with Gasteiger partial charge in [-0.05, 0) is 38.5 Å². The van der Waals surface area contributed by atoms with Crippen LogP contribution in [-0.4, -0.2) is 36.4 Å². The molecule has 0 saturated heterocycles. The molecule has 0 spiro atoms. The maximum absolute atomic E-state index is 12.1. The van der Waals surface area contributed by atoms with Gasteiger partial charge in [0, 0.05) is 12.8 Å². The van der Waals surface area contributed by atoms with Crippen molar-refractivity contribution in [2.24, 2.45) is 0 Å². The second-order valence-electron chi connectivity index (χ2n) is 12.0. The molecule has 0 rings (SSSR count). The molecule has 0 amide bonds. The number of carbonyl (C=O) groups excluding carboxylic acids is 2. The summed E-state index contributed by atoms with van der Waals surface area (Å²) in [5.41, 5.74) is 0. The van der Waals surface area contributed by atoms with E-state index >= 15 is 0 Å².